The molecule has 0 aromatic heterocycles. The molecule has 1 aliphatic rings. The van der Waals surface area contributed by atoms with Gasteiger partial charge in [0, 0.05) is 5.56 Å². The number of hydrogen-bond acceptors (Lipinski definition) is 5. The molecule has 2 aromatic carbocycles. The molecule has 122 valence electrons. The van der Waals surface area contributed by atoms with E-state index < -0.39 is 11.8 Å². The lowest BCUT2D eigenvalue weighted by atomic mass is 9.96. The average molecular weight is 323 g/mol. The summed E-state index contributed by atoms with van der Waals surface area (Å²) in [6.45, 7) is 0.212. The zero-order valence-corrected chi connectivity index (χ0v) is 13.2. The zero-order valence-electron chi connectivity index (χ0n) is 13.2. The van der Waals surface area contributed by atoms with Crippen LogP contribution in [0.5, 0.6) is 5.75 Å². The van der Waals surface area contributed by atoms with E-state index in [0.29, 0.717) is 17.0 Å². The van der Waals surface area contributed by atoms with Crippen LogP contribution in [0, 0.1) is 5.92 Å². The maximum atomic E-state index is 12.7. The van der Waals surface area contributed by atoms with Crippen LogP contribution in [-0.4, -0.2) is 31.1 Å². The molecule has 1 amide bonds. The highest BCUT2D eigenvalue weighted by Crippen LogP contribution is 2.31. The molecule has 2 N–H and O–H groups in total. The number of carbonyl (C=O) groups excluding carboxylic acids is 2. The Morgan fingerprint density at radius 1 is 1.12 bits per heavy atom. The highest BCUT2D eigenvalue weighted by Gasteiger charge is 2.37. The summed E-state index contributed by atoms with van der Waals surface area (Å²) in [7, 11) is 1.56. The maximum absolute atomic E-state index is 12.7. The number of carbonyl (C=O) groups is 2. The van der Waals surface area contributed by atoms with E-state index in [1.165, 1.54) is 0 Å². The number of ether oxygens (including phenoxy) is 1. The third-order valence-electron chi connectivity index (χ3n) is 3.89. The molecule has 0 radical (unpaired) electrons. The smallest absolute Gasteiger partial charge is 0.228 e. The fraction of sp³-hybridized carbons (Fsp3) is 0.167. The fourth-order valence-corrected chi connectivity index (χ4v) is 2.66. The summed E-state index contributed by atoms with van der Waals surface area (Å²) in [4.78, 5) is 24.5. The molecule has 0 aliphatic carbocycles. The third-order valence-corrected chi connectivity index (χ3v) is 3.89. The first-order chi connectivity index (χ1) is 11.6. The van der Waals surface area contributed by atoms with Crippen LogP contribution in [0.15, 0.2) is 59.7 Å². The Hall–Kier alpha value is -3.15. The summed E-state index contributed by atoms with van der Waals surface area (Å²) in [6.07, 6.45) is 0. The van der Waals surface area contributed by atoms with Gasteiger partial charge in [-0.15, -0.1) is 0 Å². The molecule has 3 rings (SSSR count). The predicted molar refractivity (Wildman–Crippen MR) is 91.2 cm³/mol. The maximum Gasteiger partial charge on any atom is 0.228 e. The molecule has 0 bridgehead atoms. The summed E-state index contributed by atoms with van der Waals surface area (Å²) < 4.78 is 5.32. The number of Topliss-reactive ketones (excluding diaryl/α,β-unsaturated/α-hetero) is 1. The number of amides is 1. The number of ketones is 1. The Balaban J connectivity index is 1.99. The van der Waals surface area contributed by atoms with Crippen molar-refractivity contribution in [1.82, 2.24) is 0 Å². The van der Waals surface area contributed by atoms with E-state index in [0.717, 1.165) is 0 Å². The van der Waals surface area contributed by atoms with Crippen LogP contribution in [0.3, 0.4) is 0 Å². The number of hydrogen-bond donors (Lipinski definition) is 1. The molecule has 0 saturated heterocycles. The van der Waals surface area contributed by atoms with Crippen molar-refractivity contribution in [3.63, 3.8) is 0 Å². The minimum absolute atomic E-state index is 0.152. The first-order valence-electron chi connectivity index (χ1n) is 7.50. The lowest BCUT2D eigenvalue weighted by Gasteiger charge is -2.17. The second-order valence-corrected chi connectivity index (χ2v) is 5.39. The van der Waals surface area contributed by atoms with Gasteiger partial charge in [0.05, 0.1) is 13.7 Å². The van der Waals surface area contributed by atoms with Gasteiger partial charge in [0.25, 0.3) is 0 Å². The minimum atomic E-state index is -0.761. The van der Waals surface area contributed by atoms with E-state index in [2.05, 4.69) is 5.10 Å². The Kier molecular flexibility index (Phi) is 4.29. The first kappa shape index (κ1) is 15.7. The summed E-state index contributed by atoms with van der Waals surface area (Å²) >= 11 is 0. The molecule has 1 atom stereocenters. The third kappa shape index (κ3) is 2.86. The molecule has 1 unspecified atom stereocenters. The molecule has 1 aliphatic heterocycles. The van der Waals surface area contributed by atoms with Crippen LogP contribution in [-0.2, 0) is 4.79 Å². The van der Waals surface area contributed by atoms with Gasteiger partial charge in [0.1, 0.15) is 23.1 Å². The number of anilines is 1. The average Bonchev–Trinajstić information content (AvgIpc) is 3.07. The molecule has 1 heterocycles. The highest BCUT2D eigenvalue weighted by atomic mass is 16.5. The van der Waals surface area contributed by atoms with Crippen LogP contribution >= 0.6 is 0 Å². The van der Waals surface area contributed by atoms with Gasteiger partial charge in [-0.3, -0.25) is 14.6 Å². The normalized spacial score (nSPS) is 16.6. The summed E-state index contributed by atoms with van der Waals surface area (Å²) in [6, 6.07) is 16.0. The quantitative estimate of drug-likeness (QED) is 0.851. The van der Waals surface area contributed by atoms with Crippen LogP contribution in [0.1, 0.15) is 10.4 Å². The van der Waals surface area contributed by atoms with Crippen molar-refractivity contribution < 1.29 is 14.3 Å². The second kappa shape index (κ2) is 6.54. The van der Waals surface area contributed by atoms with Crippen molar-refractivity contribution in [3.8, 4) is 5.75 Å². The highest BCUT2D eigenvalue weighted by molar-refractivity contribution is 6.49. The van der Waals surface area contributed by atoms with E-state index >= 15 is 0 Å². The van der Waals surface area contributed by atoms with Gasteiger partial charge < -0.3 is 10.5 Å². The number of hydrazone groups is 1. The lowest BCUT2D eigenvalue weighted by molar-refractivity contribution is -0.119. The largest absolute Gasteiger partial charge is 0.495 e. The van der Waals surface area contributed by atoms with Crippen LogP contribution in [0.4, 0.5) is 5.69 Å². The summed E-state index contributed by atoms with van der Waals surface area (Å²) in [5, 5.41) is 5.95. The summed E-state index contributed by atoms with van der Waals surface area (Å²) in [5.74, 6) is -1.02. The lowest BCUT2D eigenvalue weighted by Crippen LogP contribution is -2.35. The predicted octanol–water partition coefficient (Wildman–Crippen LogP) is 1.86. The number of rotatable bonds is 5. The molecule has 0 saturated carbocycles. The second-order valence-electron chi connectivity index (χ2n) is 5.39. The Bertz CT molecular complexity index is 802. The Labute approximate surface area is 139 Å². The van der Waals surface area contributed by atoms with Crippen molar-refractivity contribution in [2.24, 2.45) is 16.8 Å². The van der Waals surface area contributed by atoms with Gasteiger partial charge in [0.15, 0.2) is 0 Å². The topological polar surface area (TPSA) is 85.0 Å². The fourth-order valence-electron chi connectivity index (χ4n) is 2.66. The molecule has 2 aromatic rings. The van der Waals surface area contributed by atoms with Gasteiger partial charge in [-0.1, -0.05) is 42.5 Å². The van der Waals surface area contributed by atoms with Crippen LogP contribution in [0.2, 0.25) is 0 Å². The van der Waals surface area contributed by atoms with Crippen molar-refractivity contribution >= 4 is 23.1 Å². The Morgan fingerprint density at radius 2 is 1.79 bits per heavy atom. The number of primary amides is 1. The van der Waals surface area contributed by atoms with E-state index in [4.69, 9.17) is 10.5 Å². The first-order valence-corrected chi connectivity index (χ1v) is 7.50. The molecule has 6 nitrogen and oxygen atoms in total. The van der Waals surface area contributed by atoms with Gasteiger partial charge in [0.2, 0.25) is 11.7 Å². The van der Waals surface area contributed by atoms with Crippen molar-refractivity contribution in [1.29, 1.82) is 0 Å². The summed E-state index contributed by atoms with van der Waals surface area (Å²) in [5.41, 5.74) is 6.80. The van der Waals surface area contributed by atoms with E-state index in [-0.39, 0.29) is 18.0 Å². The van der Waals surface area contributed by atoms with Gasteiger partial charge in [-0.25, -0.2) is 0 Å². The van der Waals surface area contributed by atoms with E-state index in [1.54, 1.807) is 42.5 Å². The van der Waals surface area contributed by atoms with E-state index in [9.17, 15) is 9.59 Å². The number of methoxy groups -OCH3 is 1. The molecular formula is C18H17N3O3. The number of nitrogens with two attached hydrogens (primary N) is 1. The minimum Gasteiger partial charge on any atom is -0.495 e. The van der Waals surface area contributed by atoms with Crippen molar-refractivity contribution in [3.05, 3.63) is 60.2 Å². The molecule has 24 heavy (non-hydrogen) atoms. The van der Waals surface area contributed by atoms with Gasteiger partial charge in [-0.05, 0) is 12.1 Å². The molecule has 0 spiro atoms. The molecule has 6 heteroatoms. The molecule has 0 fully saturated rings. The monoisotopic (exact) mass is 323 g/mol. The van der Waals surface area contributed by atoms with Crippen LogP contribution in [0.25, 0.3) is 0 Å². The van der Waals surface area contributed by atoms with Crippen LogP contribution < -0.4 is 15.5 Å². The Morgan fingerprint density at radius 3 is 2.46 bits per heavy atom. The van der Waals surface area contributed by atoms with Crippen molar-refractivity contribution in [2.75, 3.05) is 18.7 Å². The number of benzene rings is 2. The van der Waals surface area contributed by atoms with Crippen molar-refractivity contribution in [2.45, 2.75) is 0 Å². The number of para-hydroxylation sites is 2. The van der Waals surface area contributed by atoms with Gasteiger partial charge in [-0.2, -0.15) is 5.10 Å². The SMILES string of the molecule is COc1ccccc1N1CC(C(N)=O)C(C(=O)c2ccccc2)=N1. The van der Waals surface area contributed by atoms with E-state index in [1.807, 2.05) is 24.3 Å². The zero-order chi connectivity index (χ0) is 17.1. The number of nitrogens with zero attached hydrogens (tertiary/aromatic N) is 2. The molecular weight excluding hydrogens is 306 g/mol. The van der Waals surface area contributed by atoms with Gasteiger partial charge >= 0.3 is 0 Å². The standard InChI is InChI=1S/C18H17N3O3/c1-24-15-10-6-5-9-14(15)21-11-13(18(19)23)16(20-21)17(22)12-7-3-2-4-8-12/h2-10,13H,11H2,1H3,(H2,19,23).